The number of nitrogens with one attached hydrogen (secondary N) is 2. The first kappa shape index (κ1) is 16.0. The summed E-state index contributed by atoms with van der Waals surface area (Å²) < 4.78 is 5.22. The van der Waals surface area contributed by atoms with Crippen LogP contribution < -0.4 is 10.1 Å². The van der Waals surface area contributed by atoms with Crippen LogP contribution in [0.1, 0.15) is 40.3 Å². The fourth-order valence-corrected chi connectivity index (χ4v) is 2.99. The molecule has 2 N–H and O–H groups in total. The number of hydrogen-bond donors (Lipinski definition) is 2. The molecule has 3 rings (SSSR count). The SMILES string of the molecule is COc1cc(C(=O)N[C@H](C)c2c(C)n[nH]c2C)c2ccccc2n1. The van der Waals surface area contributed by atoms with Crippen LogP contribution in [-0.4, -0.2) is 28.2 Å². The van der Waals surface area contributed by atoms with Gasteiger partial charge in [0.2, 0.25) is 5.88 Å². The van der Waals surface area contributed by atoms with E-state index in [0.717, 1.165) is 27.9 Å². The molecule has 0 unspecified atom stereocenters. The van der Waals surface area contributed by atoms with Crippen molar-refractivity contribution < 1.29 is 9.53 Å². The van der Waals surface area contributed by atoms with Crippen molar-refractivity contribution in [2.45, 2.75) is 26.8 Å². The Hall–Kier alpha value is -2.89. The highest BCUT2D eigenvalue weighted by atomic mass is 16.5. The number of carbonyl (C=O) groups excluding carboxylic acids is 1. The molecule has 24 heavy (non-hydrogen) atoms. The number of rotatable bonds is 4. The van der Waals surface area contributed by atoms with Gasteiger partial charge in [-0.1, -0.05) is 18.2 Å². The minimum atomic E-state index is -0.167. The van der Waals surface area contributed by atoms with Gasteiger partial charge < -0.3 is 10.1 Å². The smallest absolute Gasteiger partial charge is 0.252 e. The molecule has 0 aliphatic heterocycles. The summed E-state index contributed by atoms with van der Waals surface area (Å²) in [4.78, 5) is 17.2. The van der Waals surface area contributed by atoms with E-state index in [2.05, 4.69) is 20.5 Å². The number of aromatic amines is 1. The third kappa shape index (κ3) is 2.82. The number of carbonyl (C=O) groups is 1. The van der Waals surface area contributed by atoms with E-state index in [1.807, 2.05) is 45.0 Å². The van der Waals surface area contributed by atoms with E-state index in [9.17, 15) is 4.79 Å². The Kier molecular flexibility index (Phi) is 4.20. The van der Waals surface area contributed by atoms with Gasteiger partial charge in [0.05, 0.1) is 29.9 Å². The molecule has 3 aromatic rings. The lowest BCUT2D eigenvalue weighted by molar-refractivity contribution is 0.0941. The van der Waals surface area contributed by atoms with Gasteiger partial charge in [-0.25, -0.2) is 4.98 Å². The van der Waals surface area contributed by atoms with Crippen LogP contribution in [0.5, 0.6) is 5.88 Å². The maximum absolute atomic E-state index is 12.8. The van der Waals surface area contributed by atoms with Crippen molar-refractivity contribution in [2.24, 2.45) is 0 Å². The fraction of sp³-hybridized carbons (Fsp3) is 0.278. The largest absolute Gasteiger partial charge is 0.481 e. The third-order valence-electron chi connectivity index (χ3n) is 4.11. The number of ether oxygens (including phenoxy) is 1. The van der Waals surface area contributed by atoms with Crippen molar-refractivity contribution in [1.29, 1.82) is 0 Å². The summed E-state index contributed by atoms with van der Waals surface area (Å²) in [5.41, 5.74) is 4.12. The summed E-state index contributed by atoms with van der Waals surface area (Å²) >= 11 is 0. The molecule has 0 spiro atoms. The summed E-state index contributed by atoms with van der Waals surface area (Å²) in [6.45, 7) is 5.82. The molecule has 2 aromatic heterocycles. The number of pyridine rings is 1. The first-order chi connectivity index (χ1) is 11.5. The van der Waals surface area contributed by atoms with E-state index in [-0.39, 0.29) is 11.9 Å². The highest BCUT2D eigenvalue weighted by Gasteiger charge is 2.19. The monoisotopic (exact) mass is 324 g/mol. The molecule has 0 saturated carbocycles. The van der Waals surface area contributed by atoms with Crippen molar-refractivity contribution in [2.75, 3.05) is 7.11 Å². The van der Waals surface area contributed by atoms with Gasteiger partial charge in [-0.15, -0.1) is 0 Å². The molecule has 6 nitrogen and oxygen atoms in total. The number of para-hydroxylation sites is 1. The van der Waals surface area contributed by atoms with Crippen molar-refractivity contribution in [3.63, 3.8) is 0 Å². The average Bonchev–Trinajstić information content (AvgIpc) is 2.92. The fourth-order valence-electron chi connectivity index (χ4n) is 2.99. The van der Waals surface area contributed by atoms with Crippen molar-refractivity contribution in [3.8, 4) is 5.88 Å². The van der Waals surface area contributed by atoms with Crippen molar-refractivity contribution >= 4 is 16.8 Å². The van der Waals surface area contributed by atoms with Gasteiger partial charge in [0.25, 0.3) is 5.91 Å². The molecular formula is C18H20N4O2. The van der Waals surface area contributed by atoms with E-state index >= 15 is 0 Å². The average molecular weight is 324 g/mol. The highest BCUT2D eigenvalue weighted by molar-refractivity contribution is 6.06. The van der Waals surface area contributed by atoms with Crippen LogP contribution in [0.2, 0.25) is 0 Å². The Balaban J connectivity index is 1.97. The molecule has 0 fully saturated rings. The maximum Gasteiger partial charge on any atom is 0.252 e. The van der Waals surface area contributed by atoms with Crippen LogP contribution in [0.15, 0.2) is 30.3 Å². The zero-order valence-corrected chi connectivity index (χ0v) is 14.2. The van der Waals surface area contributed by atoms with Crippen LogP contribution >= 0.6 is 0 Å². The van der Waals surface area contributed by atoms with Gasteiger partial charge in [-0.05, 0) is 26.8 Å². The van der Waals surface area contributed by atoms with Crippen LogP contribution in [0, 0.1) is 13.8 Å². The van der Waals surface area contributed by atoms with Crippen LogP contribution in [-0.2, 0) is 0 Å². The number of H-pyrrole nitrogens is 1. The maximum atomic E-state index is 12.8. The summed E-state index contributed by atoms with van der Waals surface area (Å²) in [6.07, 6.45) is 0. The van der Waals surface area contributed by atoms with E-state index in [1.165, 1.54) is 0 Å². The number of fused-ring (bicyclic) bond motifs is 1. The Bertz CT molecular complexity index is 882. The predicted octanol–water partition coefficient (Wildman–Crippen LogP) is 3.07. The Morgan fingerprint density at radius 1 is 1.29 bits per heavy atom. The van der Waals surface area contributed by atoms with Crippen LogP contribution in [0.25, 0.3) is 10.9 Å². The second-order valence-electron chi connectivity index (χ2n) is 5.77. The standard InChI is InChI=1S/C18H20N4O2/c1-10(17-11(2)21-22-12(17)3)19-18(23)14-9-16(24-4)20-15-8-6-5-7-13(14)15/h5-10H,1-4H3,(H,19,23)(H,21,22)/t10-/m1/s1. The summed E-state index contributed by atoms with van der Waals surface area (Å²) in [5, 5.41) is 11.0. The number of hydrogen-bond acceptors (Lipinski definition) is 4. The van der Waals surface area contributed by atoms with Crippen LogP contribution in [0.3, 0.4) is 0 Å². The molecule has 0 aliphatic carbocycles. The summed E-state index contributed by atoms with van der Waals surface area (Å²) in [7, 11) is 1.54. The van der Waals surface area contributed by atoms with Crippen LogP contribution in [0.4, 0.5) is 0 Å². The lowest BCUT2D eigenvalue weighted by Crippen LogP contribution is -2.27. The Morgan fingerprint density at radius 2 is 2.04 bits per heavy atom. The Morgan fingerprint density at radius 3 is 2.71 bits per heavy atom. The molecule has 0 saturated heterocycles. The zero-order chi connectivity index (χ0) is 17.3. The molecule has 0 radical (unpaired) electrons. The van der Waals surface area contributed by atoms with E-state index in [1.54, 1.807) is 13.2 Å². The minimum absolute atomic E-state index is 0.158. The molecule has 2 heterocycles. The molecule has 1 amide bonds. The summed E-state index contributed by atoms with van der Waals surface area (Å²) in [6, 6.07) is 9.03. The van der Waals surface area contributed by atoms with Gasteiger partial charge >= 0.3 is 0 Å². The first-order valence-electron chi connectivity index (χ1n) is 7.77. The highest BCUT2D eigenvalue weighted by Crippen LogP contribution is 2.24. The van der Waals surface area contributed by atoms with Gasteiger partial charge in [-0.2, -0.15) is 5.10 Å². The van der Waals surface area contributed by atoms with Gasteiger partial charge in [0.1, 0.15) is 0 Å². The van der Waals surface area contributed by atoms with Gasteiger partial charge in [0, 0.05) is 22.7 Å². The molecular weight excluding hydrogens is 304 g/mol. The van der Waals surface area contributed by atoms with Gasteiger partial charge in [-0.3, -0.25) is 9.89 Å². The number of nitrogens with zero attached hydrogens (tertiary/aromatic N) is 2. The molecule has 1 atom stereocenters. The van der Waals surface area contributed by atoms with Crippen molar-refractivity contribution in [3.05, 3.63) is 52.8 Å². The summed E-state index contributed by atoms with van der Waals surface area (Å²) in [5.74, 6) is 0.251. The molecule has 6 heteroatoms. The lowest BCUT2D eigenvalue weighted by Gasteiger charge is -2.16. The topological polar surface area (TPSA) is 79.9 Å². The number of aromatic nitrogens is 3. The third-order valence-corrected chi connectivity index (χ3v) is 4.11. The first-order valence-corrected chi connectivity index (χ1v) is 7.77. The van der Waals surface area contributed by atoms with E-state index in [0.29, 0.717) is 11.4 Å². The quantitative estimate of drug-likeness (QED) is 0.773. The zero-order valence-electron chi connectivity index (χ0n) is 14.2. The van der Waals surface area contributed by atoms with E-state index < -0.39 is 0 Å². The molecule has 1 aromatic carbocycles. The predicted molar refractivity (Wildman–Crippen MR) is 92.2 cm³/mol. The molecule has 124 valence electrons. The van der Waals surface area contributed by atoms with Gasteiger partial charge in [0.15, 0.2) is 0 Å². The molecule has 0 bridgehead atoms. The number of aryl methyl sites for hydroxylation is 2. The normalized spacial score (nSPS) is 12.2. The lowest BCUT2D eigenvalue weighted by atomic mass is 10.0. The molecule has 0 aliphatic rings. The number of methoxy groups -OCH3 is 1. The number of benzene rings is 1. The number of amides is 1. The minimum Gasteiger partial charge on any atom is -0.481 e. The van der Waals surface area contributed by atoms with Crippen molar-refractivity contribution in [1.82, 2.24) is 20.5 Å². The Labute approximate surface area is 140 Å². The van der Waals surface area contributed by atoms with E-state index in [4.69, 9.17) is 4.74 Å². The second-order valence-corrected chi connectivity index (χ2v) is 5.77. The second kappa shape index (κ2) is 6.31.